The molecule has 34 heavy (non-hydrogen) atoms. The van der Waals surface area contributed by atoms with E-state index in [4.69, 9.17) is 14.6 Å². The Morgan fingerprint density at radius 2 is 1.38 bits per heavy atom. The number of epoxide rings is 1. The number of hydrogen-bond acceptors (Lipinski definition) is 6. The van der Waals surface area contributed by atoms with Crippen LogP contribution in [0, 0.1) is 34.5 Å². The van der Waals surface area contributed by atoms with Gasteiger partial charge < -0.3 is 19.7 Å². The van der Waals surface area contributed by atoms with Gasteiger partial charge in [0.25, 0.3) is 0 Å². The fourth-order valence-electron chi connectivity index (χ4n) is 6.56. The number of Topliss-reactive ketones (excluding diaryl/α,β-unsaturated/α-hetero) is 2. The maximum absolute atomic E-state index is 12.1. The molecule has 6 heteroatoms. The molecular formula is C28H48O6. The molecule has 0 bridgehead atoms. The molecule has 3 fully saturated rings. The van der Waals surface area contributed by atoms with Crippen LogP contribution in [0.1, 0.15) is 67.2 Å². The summed E-state index contributed by atoms with van der Waals surface area (Å²) in [5.41, 5.74) is -0.0589. The minimum atomic E-state index is -0.563. The van der Waals surface area contributed by atoms with Gasteiger partial charge in [-0.25, -0.2) is 0 Å². The Balaban J connectivity index is 0.000000318. The number of carbonyl (C=O) groups excluding carboxylic acids is 2. The van der Waals surface area contributed by atoms with E-state index in [-0.39, 0.29) is 40.5 Å². The second kappa shape index (κ2) is 12.6. The molecule has 0 spiro atoms. The Kier molecular flexibility index (Phi) is 11.3. The predicted molar refractivity (Wildman–Crippen MR) is 135 cm³/mol. The highest BCUT2D eigenvalue weighted by molar-refractivity contribution is 5.84. The van der Waals surface area contributed by atoms with Crippen LogP contribution < -0.4 is 0 Å². The van der Waals surface area contributed by atoms with E-state index < -0.39 is 6.10 Å². The number of hydrogen-bond donors (Lipinski definition) is 2. The van der Waals surface area contributed by atoms with Crippen molar-refractivity contribution in [1.82, 2.24) is 0 Å². The smallest absolute Gasteiger partial charge is 0.140 e. The number of methoxy groups -OCH3 is 1. The first-order valence-electron chi connectivity index (χ1n) is 12.4. The summed E-state index contributed by atoms with van der Waals surface area (Å²) < 4.78 is 10.9. The average Bonchev–Trinajstić information content (AvgIpc) is 3.51. The second-order valence-corrected chi connectivity index (χ2v) is 11.4. The van der Waals surface area contributed by atoms with Gasteiger partial charge in [0.15, 0.2) is 0 Å². The number of ketones is 2. The molecule has 8 unspecified atom stereocenters. The molecule has 2 aliphatic carbocycles. The molecule has 6 nitrogen and oxygen atoms in total. The van der Waals surface area contributed by atoms with E-state index in [0.717, 1.165) is 13.5 Å². The normalized spacial score (nSPS) is 36.9. The number of aliphatic hydroxyl groups is 2. The number of carbonyl (C=O) groups is 2. The SMILES string of the molecule is C=CCC(=O)C1C(C)C(O)C(OC)CC1(C)C.C=CCC(=O)C1C(C)C2OC2CC1(C)C.CO. The van der Waals surface area contributed by atoms with Crippen molar-refractivity contribution in [3.05, 3.63) is 25.3 Å². The zero-order valence-electron chi connectivity index (χ0n) is 22.5. The molecule has 3 aliphatic rings. The van der Waals surface area contributed by atoms with Gasteiger partial charge in [-0.15, -0.1) is 13.2 Å². The molecule has 0 aromatic rings. The van der Waals surface area contributed by atoms with Crippen LogP contribution in [-0.2, 0) is 19.1 Å². The first-order chi connectivity index (χ1) is 15.8. The van der Waals surface area contributed by atoms with Gasteiger partial charge in [0.2, 0.25) is 0 Å². The number of rotatable bonds is 7. The van der Waals surface area contributed by atoms with Crippen LogP contribution >= 0.6 is 0 Å². The van der Waals surface area contributed by atoms with Gasteiger partial charge in [-0.1, -0.05) is 53.7 Å². The number of aliphatic hydroxyl groups excluding tert-OH is 2. The van der Waals surface area contributed by atoms with Crippen molar-refractivity contribution < 1.29 is 29.3 Å². The average molecular weight is 481 g/mol. The molecule has 0 amide bonds. The molecule has 2 saturated carbocycles. The van der Waals surface area contributed by atoms with Crippen LogP contribution in [0.5, 0.6) is 0 Å². The molecule has 1 heterocycles. The monoisotopic (exact) mass is 480 g/mol. The van der Waals surface area contributed by atoms with Crippen LogP contribution in [0.25, 0.3) is 0 Å². The Bertz CT molecular complexity index is 712. The lowest BCUT2D eigenvalue weighted by Crippen LogP contribution is -2.52. The van der Waals surface area contributed by atoms with E-state index in [1.165, 1.54) is 0 Å². The van der Waals surface area contributed by atoms with Crippen molar-refractivity contribution in [3.8, 4) is 0 Å². The zero-order valence-corrected chi connectivity index (χ0v) is 22.5. The highest BCUT2D eigenvalue weighted by atomic mass is 16.6. The first kappa shape index (κ1) is 30.7. The van der Waals surface area contributed by atoms with Gasteiger partial charge >= 0.3 is 0 Å². The third-order valence-electron chi connectivity index (χ3n) is 7.94. The Morgan fingerprint density at radius 1 is 0.941 bits per heavy atom. The second-order valence-electron chi connectivity index (χ2n) is 11.4. The van der Waals surface area contributed by atoms with Gasteiger partial charge in [0.05, 0.1) is 24.4 Å². The Hall–Kier alpha value is -1.34. The third kappa shape index (κ3) is 6.87. The molecule has 0 aromatic heterocycles. The van der Waals surface area contributed by atoms with Crippen LogP contribution in [0.15, 0.2) is 25.3 Å². The van der Waals surface area contributed by atoms with E-state index >= 15 is 0 Å². The molecule has 1 aliphatic heterocycles. The van der Waals surface area contributed by atoms with Crippen molar-refractivity contribution in [1.29, 1.82) is 0 Å². The summed E-state index contributed by atoms with van der Waals surface area (Å²) in [5.74, 6) is 0.811. The minimum absolute atomic E-state index is 0.0730. The van der Waals surface area contributed by atoms with Crippen LogP contribution in [-0.4, -0.2) is 60.4 Å². The predicted octanol–water partition coefficient (Wildman–Crippen LogP) is 4.38. The van der Waals surface area contributed by atoms with Crippen molar-refractivity contribution in [2.75, 3.05) is 14.2 Å². The van der Waals surface area contributed by atoms with E-state index in [2.05, 4.69) is 47.8 Å². The van der Waals surface area contributed by atoms with E-state index in [1.807, 2.05) is 6.92 Å². The fraction of sp³-hybridized carbons (Fsp3) is 0.786. The fourth-order valence-corrected chi connectivity index (χ4v) is 6.56. The molecule has 2 N–H and O–H groups in total. The Morgan fingerprint density at radius 3 is 1.82 bits per heavy atom. The van der Waals surface area contributed by atoms with Crippen LogP contribution in [0.2, 0.25) is 0 Å². The summed E-state index contributed by atoms with van der Waals surface area (Å²) in [5, 5.41) is 17.2. The summed E-state index contributed by atoms with van der Waals surface area (Å²) >= 11 is 0. The van der Waals surface area contributed by atoms with Crippen molar-refractivity contribution in [3.63, 3.8) is 0 Å². The van der Waals surface area contributed by atoms with Crippen molar-refractivity contribution in [2.24, 2.45) is 34.5 Å². The summed E-state index contributed by atoms with van der Waals surface area (Å²) in [6.07, 6.45) is 5.99. The Labute approximate surface area is 206 Å². The number of ether oxygens (including phenoxy) is 2. The maximum atomic E-state index is 12.1. The summed E-state index contributed by atoms with van der Waals surface area (Å²) in [6, 6.07) is 0. The largest absolute Gasteiger partial charge is 0.400 e. The highest BCUT2D eigenvalue weighted by Gasteiger charge is 2.57. The van der Waals surface area contributed by atoms with E-state index in [9.17, 15) is 14.7 Å². The van der Waals surface area contributed by atoms with Crippen molar-refractivity contribution in [2.45, 2.75) is 91.6 Å². The highest BCUT2D eigenvalue weighted by Crippen LogP contribution is 2.53. The van der Waals surface area contributed by atoms with Crippen molar-refractivity contribution >= 4 is 11.6 Å². The quantitative estimate of drug-likeness (QED) is 0.415. The van der Waals surface area contributed by atoms with E-state index in [0.29, 0.717) is 43.2 Å². The van der Waals surface area contributed by atoms with Gasteiger partial charge in [-0.05, 0) is 35.5 Å². The van der Waals surface area contributed by atoms with Crippen LogP contribution in [0.3, 0.4) is 0 Å². The molecule has 0 radical (unpaired) electrons. The first-order valence-corrected chi connectivity index (χ1v) is 12.4. The third-order valence-corrected chi connectivity index (χ3v) is 7.94. The maximum Gasteiger partial charge on any atom is 0.140 e. The molecule has 8 atom stereocenters. The molecular weight excluding hydrogens is 432 g/mol. The summed E-state index contributed by atoms with van der Waals surface area (Å²) in [6.45, 7) is 19.9. The summed E-state index contributed by atoms with van der Waals surface area (Å²) in [4.78, 5) is 24.2. The lowest BCUT2D eigenvalue weighted by molar-refractivity contribution is -0.150. The van der Waals surface area contributed by atoms with Gasteiger partial charge in [0.1, 0.15) is 11.6 Å². The summed E-state index contributed by atoms with van der Waals surface area (Å²) in [7, 11) is 2.61. The standard InChI is InChI=1S/C14H24O3.C13H20O2.CH4O/c1-6-7-10(15)12-9(2)13(16)11(17-5)8-14(12,3)4;1-5-6-9(14)11-8(2)12-10(15-12)7-13(11,3)4;1-2/h6,9,11-13,16H,1,7-8H2,2-5H3;5,8,10-12H,1,6-7H2,2-4H3;2H,1H3. The number of fused-ring (bicyclic) bond motifs is 1. The topological polar surface area (TPSA) is 96.4 Å². The zero-order chi connectivity index (χ0) is 26.4. The van der Waals surface area contributed by atoms with E-state index in [1.54, 1.807) is 19.3 Å². The molecule has 3 rings (SSSR count). The lowest BCUT2D eigenvalue weighted by Gasteiger charge is -2.47. The number of allylic oxidation sites excluding steroid dienone is 2. The molecule has 0 aromatic carbocycles. The van der Waals surface area contributed by atoms with Crippen LogP contribution in [0.4, 0.5) is 0 Å². The minimum Gasteiger partial charge on any atom is -0.400 e. The van der Waals surface area contributed by atoms with Gasteiger partial charge in [0, 0.05) is 38.9 Å². The van der Waals surface area contributed by atoms with Gasteiger partial charge in [-0.2, -0.15) is 0 Å². The lowest BCUT2D eigenvalue weighted by atomic mass is 9.60. The molecule has 1 saturated heterocycles. The van der Waals surface area contributed by atoms with Gasteiger partial charge in [-0.3, -0.25) is 9.59 Å². The molecule has 196 valence electrons.